The number of hydrogen-bond acceptors (Lipinski definition) is 5. The van der Waals surface area contributed by atoms with Gasteiger partial charge in [-0.2, -0.15) is 0 Å². The molecule has 1 atom stereocenters. The Kier molecular flexibility index (Phi) is 5.26. The maximum atomic E-state index is 14.7. The molecule has 2 aromatic heterocycles. The highest BCUT2D eigenvalue weighted by atomic mass is 19.1. The first kappa shape index (κ1) is 19.3. The second-order valence-electron chi connectivity index (χ2n) is 6.69. The number of benzene rings is 1. The smallest absolute Gasteiger partial charge is 0.290 e. The number of furan rings is 1. The number of amides is 1. The Balaban J connectivity index is 1.75. The van der Waals surface area contributed by atoms with E-state index >= 15 is 0 Å². The first-order valence-corrected chi connectivity index (χ1v) is 9.19. The van der Waals surface area contributed by atoms with Gasteiger partial charge in [0.05, 0.1) is 17.9 Å². The van der Waals surface area contributed by atoms with Gasteiger partial charge < -0.3 is 14.4 Å². The van der Waals surface area contributed by atoms with Crippen LogP contribution in [0, 0.1) is 5.82 Å². The largest absolute Gasteiger partial charge is 0.503 e. The molecule has 6 nitrogen and oxygen atoms in total. The van der Waals surface area contributed by atoms with Crippen molar-refractivity contribution >= 4 is 17.8 Å². The number of rotatable bonds is 6. The van der Waals surface area contributed by atoms with E-state index in [-0.39, 0.29) is 17.7 Å². The van der Waals surface area contributed by atoms with Gasteiger partial charge in [0.1, 0.15) is 11.6 Å². The van der Waals surface area contributed by atoms with Crippen LogP contribution in [0.3, 0.4) is 0 Å². The van der Waals surface area contributed by atoms with Gasteiger partial charge in [0, 0.05) is 24.5 Å². The van der Waals surface area contributed by atoms with Crippen LogP contribution in [-0.2, 0) is 16.1 Å². The van der Waals surface area contributed by atoms with E-state index in [9.17, 15) is 19.1 Å². The number of carbonyl (C=O) groups excluding carboxylic acids is 2. The fourth-order valence-corrected chi connectivity index (χ4v) is 3.41. The molecule has 30 heavy (non-hydrogen) atoms. The lowest BCUT2D eigenvalue weighted by molar-refractivity contribution is -0.130. The van der Waals surface area contributed by atoms with E-state index in [1.54, 1.807) is 42.7 Å². The van der Waals surface area contributed by atoms with Crippen LogP contribution in [0.4, 0.5) is 4.39 Å². The highest BCUT2D eigenvalue weighted by molar-refractivity contribution is 6.14. The Morgan fingerprint density at radius 2 is 2.03 bits per heavy atom. The Morgan fingerprint density at radius 1 is 1.20 bits per heavy atom. The van der Waals surface area contributed by atoms with Gasteiger partial charge >= 0.3 is 0 Å². The molecule has 3 aromatic rings. The van der Waals surface area contributed by atoms with Gasteiger partial charge in [-0.3, -0.25) is 14.6 Å². The lowest BCUT2D eigenvalue weighted by Crippen LogP contribution is -2.31. The third kappa shape index (κ3) is 3.65. The third-order valence-electron chi connectivity index (χ3n) is 4.79. The van der Waals surface area contributed by atoms with Gasteiger partial charge in [-0.15, -0.1) is 0 Å². The number of halogens is 1. The average Bonchev–Trinajstić information content (AvgIpc) is 3.36. The molecule has 4 rings (SSSR count). The van der Waals surface area contributed by atoms with E-state index < -0.39 is 29.3 Å². The summed E-state index contributed by atoms with van der Waals surface area (Å²) in [5, 5.41) is 10.5. The van der Waals surface area contributed by atoms with E-state index in [1.165, 1.54) is 41.5 Å². The number of aliphatic hydroxyl groups is 1. The van der Waals surface area contributed by atoms with E-state index in [2.05, 4.69) is 4.98 Å². The maximum absolute atomic E-state index is 14.7. The Labute approximate surface area is 171 Å². The molecule has 0 aliphatic carbocycles. The van der Waals surface area contributed by atoms with Crippen molar-refractivity contribution in [3.8, 4) is 0 Å². The molecule has 0 fully saturated rings. The molecule has 0 saturated heterocycles. The van der Waals surface area contributed by atoms with Gasteiger partial charge in [0.2, 0.25) is 0 Å². The number of hydrogen-bond donors (Lipinski definition) is 1. The molecule has 3 heterocycles. The number of ketones is 1. The number of allylic oxidation sites excluding steroid dienone is 1. The summed E-state index contributed by atoms with van der Waals surface area (Å²) in [6.45, 7) is 0.0500. The average molecular weight is 404 g/mol. The minimum Gasteiger partial charge on any atom is -0.503 e. The zero-order valence-electron chi connectivity index (χ0n) is 15.7. The molecular formula is C23H17FN2O4. The first-order valence-electron chi connectivity index (χ1n) is 9.19. The Bertz CT molecular complexity index is 1140. The van der Waals surface area contributed by atoms with E-state index in [1.807, 2.05) is 0 Å². The summed E-state index contributed by atoms with van der Waals surface area (Å²) < 4.78 is 19.8. The van der Waals surface area contributed by atoms with Gasteiger partial charge in [0.25, 0.3) is 5.91 Å². The molecular weight excluding hydrogens is 387 g/mol. The molecule has 1 amide bonds. The molecule has 0 bridgehead atoms. The molecule has 1 unspecified atom stereocenters. The molecule has 1 N–H and O–H groups in total. The molecule has 0 spiro atoms. The number of pyridine rings is 1. The quantitative estimate of drug-likeness (QED) is 0.628. The summed E-state index contributed by atoms with van der Waals surface area (Å²) in [7, 11) is 0. The summed E-state index contributed by atoms with van der Waals surface area (Å²) in [4.78, 5) is 31.0. The summed E-state index contributed by atoms with van der Waals surface area (Å²) in [6.07, 6.45) is 7.24. The van der Waals surface area contributed by atoms with Crippen molar-refractivity contribution < 1.29 is 23.5 Å². The van der Waals surface area contributed by atoms with Crippen molar-refractivity contribution in [2.45, 2.75) is 12.6 Å². The summed E-state index contributed by atoms with van der Waals surface area (Å²) >= 11 is 0. The van der Waals surface area contributed by atoms with Crippen molar-refractivity contribution in [1.82, 2.24) is 9.88 Å². The van der Waals surface area contributed by atoms with Crippen molar-refractivity contribution in [1.29, 1.82) is 0 Å². The van der Waals surface area contributed by atoms with Crippen LogP contribution >= 0.6 is 0 Å². The number of aliphatic hydroxyl groups excluding tert-OH is 1. The summed E-state index contributed by atoms with van der Waals surface area (Å²) in [5.41, 5.74) is 0.616. The van der Waals surface area contributed by atoms with Crippen LogP contribution in [-0.4, -0.2) is 26.7 Å². The van der Waals surface area contributed by atoms with Gasteiger partial charge in [-0.25, -0.2) is 4.39 Å². The van der Waals surface area contributed by atoms with Crippen molar-refractivity contribution in [2.24, 2.45) is 0 Å². The number of nitrogens with zero attached hydrogens (tertiary/aromatic N) is 2. The van der Waals surface area contributed by atoms with Gasteiger partial charge in [0.15, 0.2) is 11.5 Å². The highest BCUT2D eigenvalue weighted by Crippen LogP contribution is 2.39. The molecule has 1 aliphatic rings. The van der Waals surface area contributed by atoms with Crippen LogP contribution in [0.25, 0.3) is 6.08 Å². The lowest BCUT2D eigenvalue weighted by atomic mass is 9.95. The van der Waals surface area contributed by atoms with E-state index in [4.69, 9.17) is 4.42 Å². The van der Waals surface area contributed by atoms with Crippen molar-refractivity contribution in [2.75, 3.05) is 0 Å². The van der Waals surface area contributed by atoms with Crippen LogP contribution in [0.2, 0.25) is 0 Å². The predicted octanol–water partition coefficient (Wildman–Crippen LogP) is 3.99. The normalized spacial score (nSPS) is 16.6. The molecule has 1 aromatic carbocycles. The highest BCUT2D eigenvalue weighted by Gasteiger charge is 2.43. The first-order chi connectivity index (χ1) is 14.6. The second kappa shape index (κ2) is 8.16. The monoisotopic (exact) mass is 404 g/mol. The lowest BCUT2D eigenvalue weighted by Gasteiger charge is -2.26. The molecule has 7 heteroatoms. The zero-order chi connectivity index (χ0) is 21.1. The number of aromatic nitrogens is 1. The molecule has 1 aliphatic heterocycles. The third-order valence-corrected chi connectivity index (χ3v) is 4.79. The molecule has 150 valence electrons. The summed E-state index contributed by atoms with van der Waals surface area (Å²) in [5.74, 6) is -2.20. The fourth-order valence-electron chi connectivity index (χ4n) is 3.41. The van der Waals surface area contributed by atoms with E-state index in [0.29, 0.717) is 11.3 Å². The van der Waals surface area contributed by atoms with E-state index in [0.717, 1.165) is 0 Å². The Morgan fingerprint density at radius 3 is 2.73 bits per heavy atom. The fraction of sp³-hybridized carbons (Fsp3) is 0.0870. The Hall–Kier alpha value is -4.00. The second-order valence-corrected chi connectivity index (χ2v) is 6.69. The van der Waals surface area contributed by atoms with Gasteiger partial charge in [-0.1, -0.05) is 24.3 Å². The maximum Gasteiger partial charge on any atom is 0.290 e. The number of carbonyl (C=O) groups is 2. The topological polar surface area (TPSA) is 83.6 Å². The minimum atomic E-state index is -1.08. The SMILES string of the molecule is O=C(/C=C/c1ccco1)C1=C(O)C(=O)N(Cc2cccnc2)C1c1ccccc1F. The minimum absolute atomic E-state index is 0.0500. The van der Waals surface area contributed by atoms with Crippen LogP contribution < -0.4 is 0 Å². The predicted molar refractivity (Wildman–Crippen MR) is 106 cm³/mol. The summed E-state index contributed by atoms with van der Waals surface area (Å²) in [6, 6.07) is 11.6. The standard InChI is InChI=1S/C23H17FN2O4/c24-18-8-2-1-7-17(18)21-20(19(27)10-9-16-6-4-12-30-16)22(28)23(29)26(21)14-15-5-3-11-25-13-15/h1-13,21,28H,14H2/b10-9+. The van der Waals surface area contributed by atoms with Crippen LogP contribution in [0.1, 0.15) is 22.9 Å². The van der Waals surface area contributed by atoms with Crippen LogP contribution in [0.15, 0.2) is 89.0 Å². The van der Waals surface area contributed by atoms with Gasteiger partial charge in [-0.05, 0) is 42.0 Å². The van der Waals surface area contributed by atoms with Crippen molar-refractivity contribution in [3.63, 3.8) is 0 Å². The molecule has 0 radical (unpaired) electrons. The van der Waals surface area contributed by atoms with Crippen molar-refractivity contribution in [3.05, 3.63) is 107 Å². The molecule has 0 saturated carbocycles. The van der Waals surface area contributed by atoms with Crippen LogP contribution in [0.5, 0.6) is 0 Å². The zero-order valence-corrected chi connectivity index (χ0v) is 15.7.